The molecule has 0 N–H and O–H groups in total. The number of benzene rings is 11. The van der Waals surface area contributed by atoms with Gasteiger partial charge in [-0.1, -0.05) is 206 Å². The van der Waals surface area contributed by atoms with Crippen LogP contribution in [0.2, 0.25) is 0 Å². The van der Waals surface area contributed by atoms with Gasteiger partial charge in [0.2, 0.25) is 0 Å². The van der Waals surface area contributed by atoms with Crippen LogP contribution in [0.5, 0.6) is 0 Å². The van der Waals surface area contributed by atoms with E-state index < -0.39 is 5.41 Å². The highest BCUT2D eigenvalue weighted by Gasteiger charge is 2.46. The molecule has 0 amide bonds. The Morgan fingerprint density at radius 2 is 0.806 bits per heavy atom. The van der Waals surface area contributed by atoms with Gasteiger partial charge in [-0.05, 0) is 127 Å². The van der Waals surface area contributed by atoms with E-state index in [4.69, 9.17) is 0 Å². The summed E-state index contributed by atoms with van der Waals surface area (Å²) in [5.41, 5.74) is 18.7. The molecule has 0 aliphatic heterocycles. The zero-order chi connectivity index (χ0) is 44.3. The SMILES string of the molecule is c1ccc(-c2c(-c3ccc(N(c4ccc(-n5c6ccccc6c6ccccc65)cc4)c4ccc5c(c4)C(c4ccccc4)(c4ccccc4)c4ccccc4-5)cc3)ccc3ccccc23)cc1. The van der Waals surface area contributed by atoms with E-state index in [1.165, 1.54) is 88.2 Å². The first-order chi connectivity index (χ1) is 33.3. The summed E-state index contributed by atoms with van der Waals surface area (Å²) in [6.07, 6.45) is 0. The molecule has 0 bridgehead atoms. The van der Waals surface area contributed by atoms with E-state index in [-0.39, 0.29) is 0 Å². The molecule has 0 radical (unpaired) electrons. The minimum absolute atomic E-state index is 0.524. The quantitative estimate of drug-likeness (QED) is 0.148. The Kier molecular flexibility index (Phi) is 9.11. The predicted octanol–water partition coefficient (Wildman–Crippen LogP) is 17.1. The highest BCUT2D eigenvalue weighted by atomic mass is 15.1. The van der Waals surface area contributed by atoms with Gasteiger partial charge < -0.3 is 9.47 Å². The third kappa shape index (κ3) is 6.11. The van der Waals surface area contributed by atoms with Crippen molar-refractivity contribution in [3.8, 4) is 39.1 Å². The zero-order valence-electron chi connectivity index (χ0n) is 36.8. The number of rotatable bonds is 8. The maximum absolute atomic E-state index is 2.46. The lowest BCUT2D eigenvalue weighted by atomic mass is 9.67. The van der Waals surface area contributed by atoms with E-state index in [0.717, 1.165) is 22.7 Å². The Morgan fingerprint density at radius 1 is 0.313 bits per heavy atom. The van der Waals surface area contributed by atoms with E-state index in [2.05, 4.69) is 276 Å². The van der Waals surface area contributed by atoms with Crippen LogP contribution in [0.15, 0.2) is 267 Å². The van der Waals surface area contributed by atoms with E-state index in [1.54, 1.807) is 0 Å². The second-order valence-electron chi connectivity index (χ2n) is 17.6. The summed E-state index contributed by atoms with van der Waals surface area (Å²) in [7, 11) is 0. The monoisotopic (exact) mass is 852 g/mol. The van der Waals surface area contributed by atoms with Gasteiger partial charge in [0.15, 0.2) is 0 Å². The summed E-state index contributed by atoms with van der Waals surface area (Å²) in [5, 5.41) is 4.99. The van der Waals surface area contributed by atoms with Crippen molar-refractivity contribution in [1.29, 1.82) is 0 Å². The van der Waals surface area contributed by atoms with Gasteiger partial charge in [-0.2, -0.15) is 0 Å². The Bertz CT molecular complexity index is 3680. The fourth-order valence-electron chi connectivity index (χ4n) is 11.2. The summed E-state index contributed by atoms with van der Waals surface area (Å²) in [4.78, 5) is 2.43. The van der Waals surface area contributed by atoms with Crippen molar-refractivity contribution in [3.05, 3.63) is 289 Å². The van der Waals surface area contributed by atoms with Gasteiger partial charge in [0, 0.05) is 33.5 Å². The van der Waals surface area contributed by atoms with Gasteiger partial charge in [0.1, 0.15) is 0 Å². The van der Waals surface area contributed by atoms with Crippen LogP contribution >= 0.6 is 0 Å². The van der Waals surface area contributed by atoms with Gasteiger partial charge in [-0.3, -0.25) is 0 Å². The molecule has 2 heteroatoms. The second kappa shape index (κ2) is 15.8. The smallest absolute Gasteiger partial charge is 0.0714 e. The maximum Gasteiger partial charge on any atom is 0.0714 e. The molecule has 0 fully saturated rings. The van der Waals surface area contributed by atoms with Crippen molar-refractivity contribution in [1.82, 2.24) is 4.57 Å². The first-order valence-corrected chi connectivity index (χ1v) is 23.2. The number of hydrogen-bond acceptors (Lipinski definition) is 1. The number of para-hydroxylation sites is 2. The molecule has 0 atom stereocenters. The molecular weight excluding hydrogens is 809 g/mol. The molecule has 0 saturated carbocycles. The first kappa shape index (κ1) is 38.7. The van der Waals surface area contributed by atoms with Gasteiger partial charge >= 0.3 is 0 Å². The number of fused-ring (bicyclic) bond motifs is 7. The molecule has 11 aromatic carbocycles. The summed E-state index contributed by atoms with van der Waals surface area (Å²) < 4.78 is 2.39. The Labute approximate surface area is 390 Å². The third-order valence-corrected chi connectivity index (χ3v) is 14.1. The highest BCUT2D eigenvalue weighted by Crippen LogP contribution is 2.57. The van der Waals surface area contributed by atoms with Crippen molar-refractivity contribution in [2.45, 2.75) is 5.41 Å². The number of hydrogen-bond donors (Lipinski definition) is 0. The van der Waals surface area contributed by atoms with Crippen LogP contribution in [-0.4, -0.2) is 4.57 Å². The van der Waals surface area contributed by atoms with Crippen molar-refractivity contribution < 1.29 is 0 Å². The fraction of sp³-hybridized carbons (Fsp3) is 0.0154. The Morgan fingerprint density at radius 3 is 1.46 bits per heavy atom. The molecule has 1 aromatic heterocycles. The molecule has 13 rings (SSSR count). The molecule has 314 valence electrons. The standard InChI is InChI=1S/C65H44N2/c1-4-19-47(20-5-1)64-54-25-11-10-18-45(54)34-42-55(64)46-32-35-50(36-33-46)66(51-37-39-52(40-38-51)67-62-30-16-13-27-58(62)59-28-14-17-31-63(59)67)53-41-43-57-56-26-12-15-29-60(56)65(61(57)44-53,48-21-6-2-7-22-48)49-23-8-3-9-24-49/h1-44H. The lowest BCUT2D eigenvalue weighted by Crippen LogP contribution is -2.28. The maximum atomic E-state index is 2.46. The third-order valence-electron chi connectivity index (χ3n) is 14.1. The second-order valence-corrected chi connectivity index (χ2v) is 17.6. The molecule has 2 nitrogen and oxygen atoms in total. The first-order valence-electron chi connectivity index (χ1n) is 23.2. The van der Waals surface area contributed by atoms with Crippen LogP contribution in [0.3, 0.4) is 0 Å². The molecule has 1 aliphatic rings. The van der Waals surface area contributed by atoms with Crippen LogP contribution in [-0.2, 0) is 5.41 Å². The molecule has 12 aromatic rings. The number of nitrogens with zero attached hydrogens (tertiary/aromatic N) is 2. The minimum Gasteiger partial charge on any atom is -0.310 e. The van der Waals surface area contributed by atoms with Crippen molar-refractivity contribution >= 4 is 49.6 Å². The topological polar surface area (TPSA) is 8.17 Å². The van der Waals surface area contributed by atoms with Gasteiger partial charge in [-0.15, -0.1) is 0 Å². The van der Waals surface area contributed by atoms with Crippen LogP contribution in [0, 0.1) is 0 Å². The normalized spacial score (nSPS) is 12.6. The van der Waals surface area contributed by atoms with E-state index in [0.29, 0.717) is 0 Å². The fourth-order valence-corrected chi connectivity index (χ4v) is 11.2. The van der Waals surface area contributed by atoms with Gasteiger partial charge in [0.05, 0.1) is 16.4 Å². The van der Waals surface area contributed by atoms with Crippen molar-refractivity contribution in [2.75, 3.05) is 4.90 Å². The largest absolute Gasteiger partial charge is 0.310 e. The molecule has 0 unspecified atom stereocenters. The molecule has 0 saturated heterocycles. The molecule has 0 spiro atoms. The van der Waals surface area contributed by atoms with E-state index in [9.17, 15) is 0 Å². The van der Waals surface area contributed by atoms with Crippen LogP contribution < -0.4 is 4.90 Å². The molecule has 1 heterocycles. The van der Waals surface area contributed by atoms with Crippen molar-refractivity contribution in [2.24, 2.45) is 0 Å². The predicted molar refractivity (Wildman–Crippen MR) is 281 cm³/mol. The summed E-state index contributed by atoms with van der Waals surface area (Å²) >= 11 is 0. The van der Waals surface area contributed by atoms with Crippen LogP contribution in [0.1, 0.15) is 22.3 Å². The molecule has 1 aliphatic carbocycles. The average molecular weight is 853 g/mol. The van der Waals surface area contributed by atoms with Gasteiger partial charge in [0.25, 0.3) is 0 Å². The van der Waals surface area contributed by atoms with E-state index in [1.807, 2.05) is 0 Å². The Hall–Kier alpha value is -8.72. The molecular formula is C65H44N2. The minimum atomic E-state index is -0.524. The number of anilines is 3. The van der Waals surface area contributed by atoms with E-state index >= 15 is 0 Å². The lowest BCUT2D eigenvalue weighted by molar-refractivity contribution is 0.768. The zero-order valence-corrected chi connectivity index (χ0v) is 36.8. The number of aromatic nitrogens is 1. The summed E-state index contributed by atoms with van der Waals surface area (Å²) in [5.74, 6) is 0. The molecule has 67 heavy (non-hydrogen) atoms. The van der Waals surface area contributed by atoms with Crippen LogP contribution in [0.4, 0.5) is 17.1 Å². The van der Waals surface area contributed by atoms with Crippen molar-refractivity contribution in [3.63, 3.8) is 0 Å². The van der Waals surface area contributed by atoms with Gasteiger partial charge in [-0.25, -0.2) is 0 Å². The highest BCUT2D eigenvalue weighted by molar-refractivity contribution is 6.09. The van der Waals surface area contributed by atoms with Crippen LogP contribution in [0.25, 0.3) is 71.6 Å². The lowest BCUT2D eigenvalue weighted by Gasteiger charge is -2.35. The summed E-state index contributed by atoms with van der Waals surface area (Å²) in [6, 6.07) is 98.1. The summed E-state index contributed by atoms with van der Waals surface area (Å²) in [6.45, 7) is 0. The average Bonchev–Trinajstić information content (AvgIpc) is 3.90. The Balaban J connectivity index is 1.01.